The van der Waals surface area contributed by atoms with E-state index < -0.39 is 29.3 Å². The standard InChI is InChI=1S/C35H39F2N3O5/c1-18-23-12-9-13-43-30(23)27(37)15-24(18)28-19(2)25-16-40(34(39)44-32(38)21-10-8-11-22(36)14-21)17-26(25)20(3)29(28)31(33(41)42-7)45-35(4,5)6/h8,10-11,14-15,31,38-39H,9,12-13,16-17H2,1-7H3/t31-/m0/s1. The number of carbonyl (C=O) groups excluding carboxylic acids is 1. The van der Waals surface area contributed by atoms with Crippen LogP contribution in [0.15, 0.2) is 30.3 Å². The number of amidine groups is 1. The summed E-state index contributed by atoms with van der Waals surface area (Å²) in [6.07, 6.45) is 0.323. The smallest absolute Gasteiger partial charge is 0.339 e. The molecule has 5 rings (SSSR count). The number of methoxy groups -OCH3 is 1. The first-order chi connectivity index (χ1) is 21.2. The minimum atomic E-state index is -1.12. The van der Waals surface area contributed by atoms with Gasteiger partial charge in [-0.15, -0.1) is 0 Å². The molecule has 238 valence electrons. The molecule has 8 nitrogen and oxygen atoms in total. The number of ether oxygens (including phenoxy) is 4. The highest BCUT2D eigenvalue weighted by molar-refractivity contribution is 5.98. The Hall–Kier alpha value is -4.31. The fourth-order valence-electron chi connectivity index (χ4n) is 6.29. The van der Waals surface area contributed by atoms with E-state index in [0.717, 1.165) is 39.8 Å². The highest BCUT2D eigenvalue weighted by atomic mass is 19.1. The van der Waals surface area contributed by atoms with Crippen molar-refractivity contribution in [2.24, 2.45) is 0 Å². The highest BCUT2D eigenvalue weighted by Crippen LogP contribution is 2.47. The summed E-state index contributed by atoms with van der Waals surface area (Å²) in [6, 6.07) is 6.66. The molecule has 0 saturated carbocycles. The Morgan fingerprint density at radius 1 is 1.00 bits per heavy atom. The van der Waals surface area contributed by atoms with Crippen LogP contribution in [0.25, 0.3) is 11.1 Å². The summed E-state index contributed by atoms with van der Waals surface area (Å²) in [5.41, 5.74) is 6.41. The van der Waals surface area contributed by atoms with Crippen molar-refractivity contribution >= 4 is 17.9 Å². The molecule has 0 unspecified atom stereocenters. The predicted octanol–water partition coefficient (Wildman–Crippen LogP) is 7.20. The van der Waals surface area contributed by atoms with Gasteiger partial charge in [0.15, 0.2) is 17.7 Å². The number of esters is 1. The Morgan fingerprint density at radius 3 is 2.33 bits per heavy atom. The molecule has 3 aromatic rings. The second-order valence-electron chi connectivity index (χ2n) is 12.5. The van der Waals surface area contributed by atoms with Crippen LogP contribution >= 0.6 is 0 Å². The van der Waals surface area contributed by atoms with Crippen molar-refractivity contribution in [2.45, 2.75) is 79.2 Å². The van der Waals surface area contributed by atoms with Crippen molar-refractivity contribution in [3.63, 3.8) is 0 Å². The number of nitrogens with one attached hydrogen (secondary N) is 2. The van der Waals surface area contributed by atoms with Crippen molar-refractivity contribution in [3.8, 4) is 16.9 Å². The average molecular weight is 620 g/mol. The molecule has 45 heavy (non-hydrogen) atoms. The largest absolute Gasteiger partial charge is 0.490 e. The first-order valence-electron chi connectivity index (χ1n) is 14.9. The molecule has 0 amide bonds. The zero-order chi connectivity index (χ0) is 32.8. The van der Waals surface area contributed by atoms with E-state index in [0.29, 0.717) is 29.7 Å². The lowest BCUT2D eigenvalue weighted by Crippen LogP contribution is -2.30. The fourth-order valence-corrected chi connectivity index (χ4v) is 6.29. The van der Waals surface area contributed by atoms with E-state index in [1.54, 1.807) is 4.90 Å². The van der Waals surface area contributed by atoms with Gasteiger partial charge in [0.1, 0.15) is 5.82 Å². The minimum Gasteiger partial charge on any atom is -0.490 e. The first kappa shape index (κ1) is 32.1. The number of nitrogens with zero attached hydrogens (tertiary/aromatic N) is 1. The molecule has 3 aromatic carbocycles. The van der Waals surface area contributed by atoms with E-state index in [1.165, 1.54) is 37.4 Å². The van der Waals surface area contributed by atoms with Gasteiger partial charge in [0.25, 0.3) is 6.02 Å². The Labute approximate surface area is 262 Å². The second-order valence-corrected chi connectivity index (χ2v) is 12.5. The SMILES string of the molecule is COC(=O)[C@@H](OC(C)(C)C)c1c(C)c2c(c(C)c1-c1cc(F)c3c(c1C)CCCO3)CN(C(=N)OC(=N)c1cccc(F)c1)C2. The molecule has 0 bridgehead atoms. The lowest BCUT2D eigenvalue weighted by atomic mass is 9.80. The Bertz CT molecular complexity index is 1710. The number of benzene rings is 3. The Morgan fingerprint density at radius 2 is 1.69 bits per heavy atom. The number of rotatable bonds is 5. The molecule has 0 radical (unpaired) electrons. The van der Waals surface area contributed by atoms with Gasteiger partial charge in [-0.25, -0.2) is 13.6 Å². The molecule has 0 aromatic heterocycles. The quantitative estimate of drug-likeness (QED) is 0.178. The second kappa shape index (κ2) is 12.2. The van der Waals surface area contributed by atoms with E-state index in [2.05, 4.69) is 0 Å². The predicted molar refractivity (Wildman–Crippen MR) is 167 cm³/mol. The van der Waals surface area contributed by atoms with Crippen molar-refractivity contribution in [3.05, 3.63) is 86.5 Å². The average Bonchev–Trinajstić information content (AvgIpc) is 3.46. The molecule has 0 saturated heterocycles. The van der Waals surface area contributed by atoms with Crippen LogP contribution in [0.4, 0.5) is 8.78 Å². The van der Waals surface area contributed by atoms with Crippen molar-refractivity contribution < 1.29 is 32.5 Å². The van der Waals surface area contributed by atoms with Crippen LogP contribution in [0.2, 0.25) is 0 Å². The lowest BCUT2D eigenvalue weighted by molar-refractivity contribution is -0.164. The highest BCUT2D eigenvalue weighted by Gasteiger charge is 2.38. The molecule has 2 aliphatic heterocycles. The topological polar surface area (TPSA) is 105 Å². The van der Waals surface area contributed by atoms with Gasteiger partial charge in [-0.2, -0.15) is 0 Å². The van der Waals surface area contributed by atoms with Gasteiger partial charge in [-0.3, -0.25) is 10.8 Å². The zero-order valence-corrected chi connectivity index (χ0v) is 26.7. The number of fused-ring (bicyclic) bond motifs is 2. The van der Waals surface area contributed by atoms with Gasteiger partial charge in [0.2, 0.25) is 5.90 Å². The molecule has 0 fully saturated rings. The monoisotopic (exact) mass is 619 g/mol. The third-order valence-corrected chi connectivity index (χ3v) is 8.44. The molecule has 2 aliphatic rings. The van der Waals surface area contributed by atoms with E-state index in [1.807, 2.05) is 41.5 Å². The number of hydrogen-bond acceptors (Lipinski definition) is 7. The summed E-state index contributed by atoms with van der Waals surface area (Å²) in [5.74, 6) is -1.63. The van der Waals surface area contributed by atoms with Crippen LogP contribution < -0.4 is 4.74 Å². The maximum absolute atomic E-state index is 15.6. The molecular formula is C35H39F2N3O5. The third kappa shape index (κ3) is 6.16. The van der Waals surface area contributed by atoms with Gasteiger partial charge >= 0.3 is 5.97 Å². The normalized spacial score (nSPS) is 14.7. The molecule has 0 aliphatic carbocycles. The van der Waals surface area contributed by atoms with Crippen LogP contribution in [-0.2, 0) is 38.5 Å². The van der Waals surface area contributed by atoms with Gasteiger partial charge in [0, 0.05) is 29.8 Å². The summed E-state index contributed by atoms with van der Waals surface area (Å²) in [4.78, 5) is 15.1. The molecule has 2 N–H and O–H groups in total. The van der Waals surface area contributed by atoms with Crippen LogP contribution in [0, 0.1) is 43.2 Å². The molecule has 2 heterocycles. The number of carbonyl (C=O) groups is 1. The number of halogens is 2. The Balaban J connectivity index is 1.65. The van der Waals surface area contributed by atoms with E-state index in [-0.39, 0.29) is 36.3 Å². The summed E-state index contributed by atoms with van der Waals surface area (Å²) in [5, 5.41) is 17.0. The van der Waals surface area contributed by atoms with Crippen LogP contribution in [0.5, 0.6) is 5.75 Å². The Kier molecular flexibility index (Phi) is 8.72. The van der Waals surface area contributed by atoms with Crippen LogP contribution in [0.3, 0.4) is 0 Å². The fraction of sp³-hybridized carbons (Fsp3) is 0.400. The van der Waals surface area contributed by atoms with Crippen molar-refractivity contribution in [1.82, 2.24) is 4.90 Å². The third-order valence-electron chi connectivity index (χ3n) is 8.44. The van der Waals surface area contributed by atoms with E-state index in [9.17, 15) is 9.18 Å². The van der Waals surface area contributed by atoms with Crippen molar-refractivity contribution in [2.75, 3.05) is 13.7 Å². The molecular weight excluding hydrogens is 580 g/mol. The first-order valence-corrected chi connectivity index (χ1v) is 14.9. The van der Waals surface area contributed by atoms with Gasteiger partial charge in [0.05, 0.1) is 19.3 Å². The van der Waals surface area contributed by atoms with Crippen LogP contribution in [0.1, 0.15) is 77.8 Å². The van der Waals surface area contributed by atoms with Gasteiger partial charge < -0.3 is 23.8 Å². The summed E-state index contributed by atoms with van der Waals surface area (Å²) in [6.45, 7) is 12.3. The van der Waals surface area contributed by atoms with Gasteiger partial charge in [-0.1, -0.05) is 6.07 Å². The summed E-state index contributed by atoms with van der Waals surface area (Å²) < 4.78 is 52.3. The lowest BCUT2D eigenvalue weighted by Gasteiger charge is -2.31. The van der Waals surface area contributed by atoms with Crippen molar-refractivity contribution in [1.29, 1.82) is 10.8 Å². The zero-order valence-electron chi connectivity index (χ0n) is 26.7. The molecule has 10 heteroatoms. The maximum atomic E-state index is 15.6. The minimum absolute atomic E-state index is 0.211. The maximum Gasteiger partial charge on any atom is 0.339 e. The summed E-state index contributed by atoms with van der Waals surface area (Å²) in [7, 11) is 1.31. The molecule has 0 spiro atoms. The number of hydrogen-bond donors (Lipinski definition) is 2. The van der Waals surface area contributed by atoms with E-state index >= 15 is 4.39 Å². The van der Waals surface area contributed by atoms with E-state index in [4.69, 9.17) is 29.8 Å². The summed E-state index contributed by atoms with van der Waals surface area (Å²) >= 11 is 0. The molecule has 1 atom stereocenters. The van der Waals surface area contributed by atoms with Gasteiger partial charge in [-0.05, 0) is 118 Å². The van der Waals surface area contributed by atoms with Crippen LogP contribution in [-0.4, -0.2) is 42.1 Å².